The second-order valence-corrected chi connectivity index (χ2v) is 2.66. The van der Waals surface area contributed by atoms with Gasteiger partial charge in [0.15, 0.2) is 0 Å². The van der Waals surface area contributed by atoms with E-state index in [2.05, 4.69) is 0 Å². The molecule has 2 N–H and O–H groups in total. The Hall–Kier alpha value is -1.29. The normalized spacial score (nSPS) is 10.2. The van der Waals surface area contributed by atoms with Crippen LogP contribution in [0.3, 0.4) is 0 Å². The van der Waals surface area contributed by atoms with Crippen LogP contribution in [0.4, 0.5) is 0 Å². The number of hydrogen-bond acceptors (Lipinski definition) is 2. The number of aromatic carboxylic acids is 1. The Morgan fingerprint density at radius 2 is 2.25 bits per heavy atom. The summed E-state index contributed by atoms with van der Waals surface area (Å²) in [5.74, 6) is -0.956. The molecule has 0 amide bonds. The van der Waals surface area contributed by atoms with Crippen molar-refractivity contribution in [3.8, 4) is 0 Å². The van der Waals surface area contributed by atoms with E-state index < -0.39 is 5.97 Å². The minimum Gasteiger partial charge on any atom is -0.478 e. The number of rotatable bonds is 2. The third-order valence-electron chi connectivity index (χ3n) is 2.03. The van der Waals surface area contributed by atoms with E-state index in [1.54, 1.807) is 18.5 Å². The molecule has 12 heavy (non-hydrogen) atoms. The Labute approximate surface area is 70.1 Å². The molecular weight excluding hydrogens is 158 g/mol. The van der Waals surface area contributed by atoms with Gasteiger partial charge in [0.05, 0.1) is 12.2 Å². The maximum atomic E-state index is 10.6. The Bertz CT molecular complexity index is 314. The molecule has 0 spiro atoms. The Kier molecular flexibility index (Phi) is 2.19. The van der Waals surface area contributed by atoms with Crippen molar-refractivity contribution in [3.63, 3.8) is 0 Å². The first-order valence-corrected chi connectivity index (χ1v) is 3.57. The van der Waals surface area contributed by atoms with Crippen molar-refractivity contribution in [2.24, 2.45) is 7.05 Å². The van der Waals surface area contributed by atoms with Crippen LogP contribution in [0.25, 0.3) is 0 Å². The van der Waals surface area contributed by atoms with E-state index in [-0.39, 0.29) is 12.2 Å². The van der Waals surface area contributed by atoms with Crippen LogP contribution < -0.4 is 0 Å². The molecule has 1 heterocycles. The van der Waals surface area contributed by atoms with Crippen molar-refractivity contribution in [1.82, 2.24) is 4.57 Å². The molecule has 0 unspecified atom stereocenters. The summed E-state index contributed by atoms with van der Waals surface area (Å²) in [6.45, 7) is 1.58. The number of carboxylic acid groups (broad SMARTS) is 1. The van der Waals surface area contributed by atoms with Crippen molar-refractivity contribution < 1.29 is 15.0 Å². The fourth-order valence-corrected chi connectivity index (χ4v) is 1.13. The smallest absolute Gasteiger partial charge is 0.337 e. The third kappa shape index (κ3) is 1.21. The molecule has 1 rings (SSSR count). The number of aromatic nitrogens is 1. The topological polar surface area (TPSA) is 62.5 Å². The van der Waals surface area contributed by atoms with E-state index >= 15 is 0 Å². The van der Waals surface area contributed by atoms with Gasteiger partial charge >= 0.3 is 5.97 Å². The summed E-state index contributed by atoms with van der Waals surface area (Å²) in [6, 6.07) is 1.48. The van der Waals surface area contributed by atoms with Gasteiger partial charge in [-0.05, 0) is 13.0 Å². The van der Waals surface area contributed by atoms with Crippen molar-refractivity contribution in [2.45, 2.75) is 13.5 Å². The first kappa shape index (κ1) is 8.80. The Balaban J connectivity index is 3.25. The average Bonchev–Trinajstić information content (AvgIpc) is 2.30. The Morgan fingerprint density at radius 3 is 2.50 bits per heavy atom. The quantitative estimate of drug-likeness (QED) is 0.678. The summed E-state index contributed by atoms with van der Waals surface area (Å²) in [7, 11) is 1.73. The number of carbonyl (C=O) groups is 1. The van der Waals surface area contributed by atoms with Crippen LogP contribution in [0.5, 0.6) is 0 Å². The molecule has 0 saturated carbocycles. The summed E-state index contributed by atoms with van der Waals surface area (Å²) in [5.41, 5.74) is 1.53. The maximum Gasteiger partial charge on any atom is 0.337 e. The molecule has 1 aromatic rings. The summed E-state index contributed by atoms with van der Waals surface area (Å²) in [4.78, 5) is 10.6. The molecule has 0 aliphatic heterocycles. The van der Waals surface area contributed by atoms with Gasteiger partial charge in [0, 0.05) is 18.4 Å². The summed E-state index contributed by atoms with van der Waals surface area (Å²) in [6.07, 6.45) is 0. The first-order chi connectivity index (χ1) is 5.57. The monoisotopic (exact) mass is 169 g/mol. The molecule has 0 aliphatic rings. The van der Waals surface area contributed by atoms with E-state index in [0.29, 0.717) is 11.4 Å². The van der Waals surface area contributed by atoms with Gasteiger partial charge in [0.25, 0.3) is 0 Å². The molecule has 0 bridgehead atoms. The summed E-state index contributed by atoms with van der Waals surface area (Å²) >= 11 is 0. The number of aliphatic hydroxyl groups is 1. The lowest BCUT2D eigenvalue weighted by Gasteiger charge is -2.00. The number of aliphatic hydroxyl groups excluding tert-OH is 1. The van der Waals surface area contributed by atoms with Crippen molar-refractivity contribution >= 4 is 5.97 Å². The molecule has 0 atom stereocenters. The van der Waals surface area contributed by atoms with E-state index in [9.17, 15) is 4.79 Å². The molecule has 4 heteroatoms. The minimum atomic E-state index is -0.956. The second-order valence-electron chi connectivity index (χ2n) is 2.66. The highest BCUT2D eigenvalue weighted by molar-refractivity contribution is 5.89. The lowest BCUT2D eigenvalue weighted by Crippen LogP contribution is -2.00. The van der Waals surface area contributed by atoms with Crippen LogP contribution in [-0.2, 0) is 13.7 Å². The SMILES string of the molecule is Cc1c(C(=O)O)cc(CO)n1C. The van der Waals surface area contributed by atoms with Gasteiger partial charge < -0.3 is 14.8 Å². The third-order valence-corrected chi connectivity index (χ3v) is 2.03. The lowest BCUT2D eigenvalue weighted by atomic mass is 10.2. The van der Waals surface area contributed by atoms with Gasteiger partial charge in [-0.25, -0.2) is 4.79 Å². The van der Waals surface area contributed by atoms with Crippen LogP contribution in [0.15, 0.2) is 6.07 Å². The molecule has 0 radical (unpaired) electrons. The number of carboxylic acids is 1. The van der Waals surface area contributed by atoms with Crippen LogP contribution in [0.1, 0.15) is 21.7 Å². The average molecular weight is 169 g/mol. The zero-order valence-corrected chi connectivity index (χ0v) is 7.03. The van der Waals surface area contributed by atoms with E-state index in [0.717, 1.165) is 0 Å². The van der Waals surface area contributed by atoms with Crippen molar-refractivity contribution in [3.05, 3.63) is 23.0 Å². The molecule has 66 valence electrons. The highest BCUT2D eigenvalue weighted by atomic mass is 16.4. The van der Waals surface area contributed by atoms with Crippen molar-refractivity contribution in [2.75, 3.05) is 0 Å². The second kappa shape index (κ2) is 2.98. The summed E-state index contributed by atoms with van der Waals surface area (Å²) in [5, 5.41) is 17.5. The van der Waals surface area contributed by atoms with Crippen LogP contribution >= 0.6 is 0 Å². The van der Waals surface area contributed by atoms with Gasteiger partial charge in [-0.3, -0.25) is 0 Å². The maximum absolute atomic E-state index is 10.6. The zero-order valence-electron chi connectivity index (χ0n) is 7.03. The molecule has 0 saturated heterocycles. The minimum absolute atomic E-state index is 0.134. The fraction of sp³-hybridized carbons (Fsp3) is 0.375. The lowest BCUT2D eigenvalue weighted by molar-refractivity contribution is 0.0696. The van der Waals surface area contributed by atoms with E-state index in [4.69, 9.17) is 10.2 Å². The molecule has 0 fully saturated rings. The molecule has 0 aromatic carbocycles. The van der Waals surface area contributed by atoms with Gasteiger partial charge in [-0.2, -0.15) is 0 Å². The van der Waals surface area contributed by atoms with Gasteiger partial charge in [-0.1, -0.05) is 0 Å². The van der Waals surface area contributed by atoms with E-state index in [1.807, 2.05) is 0 Å². The zero-order chi connectivity index (χ0) is 9.30. The highest BCUT2D eigenvalue weighted by Crippen LogP contribution is 2.13. The van der Waals surface area contributed by atoms with Gasteiger partial charge in [0.1, 0.15) is 0 Å². The van der Waals surface area contributed by atoms with E-state index in [1.165, 1.54) is 6.07 Å². The molecule has 0 aliphatic carbocycles. The molecular formula is C8H11NO3. The number of nitrogens with zero attached hydrogens (tertiary/aromatic N) is 1. The Morgan fingerprint density at radius 1 is 1.67 bits per heavy atom. The molecule has 4 nitrogen and oxygen atoms in total. The first-order valence-electron chi connectivity index (χ1n) is 3.57. The van der Waals surface area contributed by atoms with Crippen molar-refractivity contribution in [1.29, 1.82) is 0 Å². The standard InChI is InChI=1S/C8H11NO3/c1-5-7(8(11)12)3-6(4-10)9(5)2/h3,10H,4H2,1-2H3,(H,11,12). The summed E-state index contributed by atoms with van der Waals surface area (Å²) < 4.78 is 1.67. The highest BCUT2D eigenvalue weighted by Gasteiger charge is 2.13. The van der Waals surface area contributed by atoms with Gasteiger partial charge in [0.2, 0.25) is 0 Å². The largest absolute Gasteiger partial charge is 0.478 e. The predicted molar refractivity (Wildman–Crippen MR) is 43.0 cm³/mol. The fourth-order valence-electron chi connectivity index (χ4n) is 1.13. The predicted octanol–water partition coefficient (Wildman–Crippen LogP) is 0.524. The molecule has 1 aromatic heterocycles. The number of hydrogen-bond donors (Lipinski definition) is 2. The van der Waals surface area contributed by atoms with Crippen LogP contribution in [-0.4, -0.2) is 20.7 Å². The van der Waals surface area contributed by atoms with Gasteiger partial charge in [-0.15, -0.1) is 0 Å². The van der Waals surface area contributed by atoms with Crippen LogP contribution in [0.2, 0.25) is 0 Å². The van der Waals surface area contributed by atoms with Crippen LogP contribution in [0, 0.1) is 6.92 Å².